The highest BCUT2D eigenvalue weighted by Gasteiger charge is 2.35. The van der Waals surface area contributed by atoms with Crippen molar-refractivity contribution >= 4 is 11.8 Å². The standard InChI is InChI=1S/C23H25F3N2O3/c1-2-16-7-3-6-10-20(16)31-15-21(29)28-13-11-17(12-14-28)27-22(30)18-8-4-5-9-19(18)23(24,25)26/h3-10,17H,2,11-15H2,1H3,(H,27,30). The van der Waals surface area contributed by atoms with Gasteiger partial charge in [-0.15, -0.1) is 0 Å². The highest BCUT2D eigenvalue weighted by Crippen LogP contribution is 2.32. The third-order valence-electron chi connectivity index (χ3n) is 5.36. The number of hydrogen-bond acceptors (Lipinski definition) is 3. The van der Waals surface area contributed by atoms with Crippen LogP contribution in [0.15, 0.2) is 48.5 Å². The molecule has 2 aromatic carbocycles. The van der Waals surface area contributed by atoms with E-state index in [1.807, 2.05) is 31.2 Å². The predicted molar refractivity (Wildman–Crippen MR) is 110 cm³/mol. The van der Waals surface area contributed by atoms with Crippen molar-refractivity contribution in [3.63, 3.8) is 0 Å². The van der Waals surface area contributed by atoms with Crippen molar-refractivity contribution in [2.45, 2.75) is 38.4 Å². The van der Waals surface area contributed by atoms with Gasteiger partial charge < -0.3 is 15.0 Å². The second kappa shape index (κ2) is 9.85. The van der Waals surface area contributed by atoms with Crippen LogP contribution in [0, 0.1) is 0 Å². The lowest BCUT2D eigenvalue weighted by molar-refractivity contribution is -0.138. The molecular weight excluding hydrogens is 409 g/mol. The van der Waals surface area contributed by atoms with Gasteiger partial charge in [-0.3, -0.25) is 9.59 Å². The fraction of sp³-hybridized carbons (Fsp3) is 0.391. The molecule has 3 rings (SSSR count). The van der Waals surface area contributed by atoms with Crippen LogP contribution in [0.2, 0.25) is 0 Å². The number of amides is 2. The summed E-state index contributed by atoms with van der Waals surface area (Å²) in [5.74, 6) is -0.223. The summed E-state index contributed by atoms with van der Waals surface area (Å²) in [5.41, 5.74) is -0.322. The van der Waals surface area contributed by atoms with E-state index in [9.17, 15) is 22.8 Å². The Balaban J connectivity index is 1.51. The van der Waals surface area contributed by atoms with Crippen molar-refractivity contribution < 1.29 is 27.5 Å². The molecule has 0 aliphatic carbocycles. The molecule has 0 aromatic heterocycles. The van der Waals surface area contributed by atoms with E-state index in [0.29, 0.717) is 31.7 Å². The van der Waals surface area contributed by atoms with Gasteiger partial charge in [0.2, 0.25) is 0 Å². The van der Waals surface area contributed by atoms with E-state index in [-0.39, 0.29) is 18.6 Å². The minimum absolute atomic E-state index is 0.0764. The Kier molecular flexibility index (Phi) is 7.20. The summed E-state index contributed by atoms with van der Waals surface area (Å²) in [6.45, 7) is 2.75. The van der Waals surface area contributed by atoms with Crippen LogP contribution in [0.25, 0.3) is 0 Å². The molecule has 31 heavy (non-hydrogen) atoms. The molecule has 0 atom stereocenters. The Morgan fingerprint density at radius 2 is 1.71 bits per heavy atom. The van der Waals surface area contributed by atoms with Gasteiger partial charge in [-0.2, -0.15) is 13.2 Å². The Bertz CT molecular complexity index is 922. The van der Waals surface area contributed by atoms with Crippen molar-refractivity contribution in [2.24, 2.45) is 0 Å². The van der Waals surface area contributed by atoms with Crippen LogP contribution in [-0.2, 0) is 17.4 Å². The lowest BCUT2D eigenvalue weighted by Crippen LogP contribution is -2.47. The van der Waals surface area contributed by atoms with Gasteiger partial charge in [0.05, 0.1) is 11.1 Å². The number of hydrogen-bond donors (Lipinski definition) is 1. The normalized spacial score (nSPS) is 14.9. The number of nitrogens with one attached hydrogen (secondary N) is 1. The second-order valence-electron chi connectivity index (χ2n) is 7.42. The SMILES string of the molecule is CCc1ccccc1OCC(=O)N1CCC(NC(=O)c2ccccc2C(F)(F)F)CC1. The summed E-state index contributed by atoms with van der Waals surface area (Å²) in [7, 11) is 0. The zero-order valence-electron chi connectivity index (χ0n) is 17.2. The number of alkyl halides is 3. The molecule has 1 aliphatic rings. The third-order valence-corrected chi connectivity index (χ3v) is 5.36. The summed E-state index contributed by atoms with van der Waals surface area (Å²) in [4.78, 5) is 26.5. The molecule has 166 valence electrons. The van der Waals surface area contributed by atoms with Crippen molar-refractivity contribution in [2.75, 3.05) is 19.7 Å². The van der Waals surface area contributed by atoms with Crippen molar-refractivity contribution in [3.05, 3.63) is 65.2 Å². The molecule has 0 saturated carbocycles. The van der Waals surface area contributed by atoms with Crippen molar-refractivity contribution in [3.8, 4) is 5.75 Å². The topological polar surface area (TPSA) is 58.6 Å². The highest BCUT2D eigenvalue weighted by molar-refractivity contribution is 5.96. The molecule has 2 amide bonds. The number of nitrogens with zero attached hydrogens (tertiary/aromatic N) is 1. The van der Waals surface area contributed by atoms with Gasteiger partial charge in [-0.25, -0.2) is 0 Å². The number of ether oxygens (including phenoxy) is 1. The zero-order chi connectivity index (χ0) is 22.4. The summed E-state index contributed by atoms with van der Waals surface area (Å²) >= 11 is 0. The maximum Gasteiger partial charge on any atom is 0.417 e. The molecule has 1 aliphatic heterocycles. The summed E-state index contributed by atoms with van der Waals surface area (Å²) in [5, 5.41) is 2.67. The minimum atomic E-state index is -4.60. The molecule has 2 aromatic rings. The molecule has 5 nitrogen and oxygen atoms in total. The molecule has 0 radical (unpaired) electrons. The Morgan fingerprint density at radius 3 is 2.39 bits per heavy atom. The lowest BCUT2D eigenvalue weighted by Gasteiger charge is -2.32. The van der Waals surface area contributed by atoms with Gasteiger partial charge in [-0.05, 0) is 43.0 Å². The second-order valence-corrected chi connectivity index (χ2v) is 7.42. The number of piperidine rings is 1. The molecule has 8 heteroatoms. The third kappa shape index (κ3) is 5.77. The van der Waals surface area contributed by atoms with E-state index >= 15 is 0 Å². The Morgan fingerprint density at radius 1 is 1.06 bits per heavy atom. The summed E-state index contributed by atoms with van der Waals surface area (Å²) in [6.07, 6.45) is -2.86. The quantitative estimate of drug-likeness (QED) is 0.746. The molecule has 1 N–H and O–H groups in total. The van der Waals surface area contributed by atoms with E-state index < -0.39 is 23.2 Å². The van der Waals surface area contributed by atoms with Crippen LogP contribution in [-0.4, -0.2) is 42.5 Å². The first-order valence-electron chi connectivity index (χ1n) is 10.2. The smallest absolute Gasteiger partial charge is 0.417 e. The Labute approximate surface area is 179 Å². The number of halogens is 3. The molecule has 0 bridgehead atoms. The van der Waals surface area contributed by atoms with Gasteiger partial charge in [0.25, 0.3) is 11.8 Å². The number of para-hydroxylation sites is 1. The molecule has 1 fully saturated rings. The van der Waals surface area contributed by atoms with Crippen LogP contribution in [0.4, 0.5) is 13.2 Å². The largest absolute Gasteiger partial charge is 0.483 e. The van der Waals surface area contributed by atoms with Crippen LogP contribution in [0.1, 0.15) is 41.3 Å². The monoisotopic (exact) mass is 434 g/mol. The summed E-state index contributed by atoms with van der Waals surface area (Å²) < 4.78 is 45.1. The number of carbonyl (C=O) groups is 2. The van der Waals surface area contributed by atoms with E-state index in [0.717, 1.165) is 18.1 Å². The van der Waals surface area contributed by atoms with E-state index in [4.69, 9.17) is 4.74 Å². The molecular formula is C23H25F3N2O3. The van der Waals surface area contributed by atoms with Crippen LogP contribution >= 0.6 is 0 Å². The number of carbonyl (C=O) groups excluding carboxylic acids is 2. The van der Waals surface area contributed by atoms with Crippen molar-refractivity contribution in [1.29, 1.82) is 0 Å². The van der Waals surface area contributed by atoms with E-state index in [1.54, 1.807) is 4.90 Å². The van der Waals surface area contributed by atoms with Gasteiger partial charge in [0.15, 0.2) is 6.61 Å². The number of benzene rings is 2. The average molecular weight is 434 g/mol. The fourth-order valence-corrected chi connectivity index (χ4v) is 3.63. The first kappa shape index (κ1) is 22.7. The Hall–Kier alpha value is -3.03. The van der Waals surface area contributed by atoms with Crippen molar-refractivity contribution in [1.82, 2.24) is 10.2 Å². The average Bonchev–Trinajstić information content (AvgIpc) is 2.77. The van der Waals surface area contributed by atoms with Crippen LogP contribution < -0.4 is 10.1 Å². The number of rotatable bonds is 6. The van der Waals surface area contributed by atoms with E-state index in [1.165, 1.54) is 18.2 Å². The number of likely N-dealkylation sites (tertiary alicyclic amines) is 1. The zero-order valence-corrected chi connectivity index (χ0v) is 17.2. The van der Waals surface area contributed by atoms with Crippen LogP contribution in [0.3, 0.4) is 0 Å². The molecule has 0 unspecified atom stereocenters. The molecule has 1 saturated heterocycles. The first-order chi connectivity index (χ1) is 14.8. The maximum absolute atomic E-state index is 13.1. The lowest BCUT2D eigenvalue weighted by atomic mass is 10.0. The highest BCUT2D eigenvalue weighted by atomic mass is 19.4. The molecule has 0 spiro atoms. The van der Waals surface area contributed by atoms with E-state index in [2.05, 4.69) is 5.32 Å². The molecule has 1 heterocycles. The van der Waals surface area contributed by atoms with Gasteiger partial charge >= 0.3 is 6.18 Å². The van der Waals surface area contributed by atoms with Gasteiger partial charge in [0.1, 0.15) is 5.75 Å². The fourth-order valence-electron chi connectivity index (χ4n) is 3.63. The van der Waals surface area contributed by atoms with Gasteiger partial charge in [-0.1, -0.05) is 37.3 Å². The maximum atomic E-state index is 13.1. The minimum Gasteiger partial charge on any atom is -0.483 e. The summed E-state index contributed by atoms with van der Waals surface area (Å²) in [6, 6.07) is 12.0. The predicted octanol–water partition coefficient (Wildman–Crippen LogP) is 4.07. The van der Waals surface area contributed by atoms with Gasteiger partial charge in [0, 0.05) is 19.1 Å². The van der Waals surface area contributed by atoms with Crippen LogP contribution in [0.5, 0.6) is 5.75 Å². The number of aryl methyl sites for hydroxylation is 1. The first-order valence-corrected chi connectivity index (χ1v) is 10.2.